The van der Waals surface area contributed by atoms with Gasteiger partial charge in [0.15, 0.2) is 4.67 Å². The maximum Gasteiger partial charge on any atom is 0.173 e. The second kappa shape index (κ2) is 6.21. The highest BCUT2D eigenvalue weighted by molar-refractivity contribution is 9.10. The van der Waals surface area contributed by atoms with Gasteiger partial charge in [0.25, 0.3) is 0 Å². The minimum Gasteiger partial charge on any atom is -0.457 e. The first-order valence-electron chi connectivity index (χ1n) is 5.97. The van der Waals surface area contributed by atoms with Gasteiger partial charge in [-0.05, 0) is 44.3 Å². The maximum absolute atomic E-state index is 5.66. The molecule has 0 bridgehead atoms. The van der Waals surface area contributed by atoms with Crippen molar-refractivity contribution in [1.29, 1.82) is 0 Å². The average Bonchev–Trinajstić information content (AvgIpc) is 2.93. The van der Waals surface area contributed by atoms with Gasteiger partial charge in [-0.15, -0.1) is 0 Å². The van der Waals surface area contributed by atoms with Crippen molar-refractivity contribution in [2.45, 2.75) is 25.8 Å². The number of aryl methyl sites for hydroxylation is 2. The zero-order valence-corrected chi connectivity index (χ0v) is 14.0. The molecule has 0 saturated heterocycles. The molecule has 0 fully saturated rings. The molecule has 0 aliphatic carbocycles. The summed E-state index contributed by atoms with van der Waals surface area (Å²) < 4.78 is 8.90. The summed E-state index contributed by atoms with van der Waals surface area (Å²) in [5.41, 5.74) is 5.98. The summed E-state index contributed by atoms with van der Waals surface area (Å²) in [5, 5.41) is 4.49. The van der Waals surface area contributed by atoms with E-state index in [0.29, 0.717) is 4.67 Å². The maximum atomic E-state index is 5.66. The van der Waals surface area contributed by atoms with Crippen LogP contribution in [-0.4, -0.2) is 9.78 Å². The summed E-state index contributed by atoms with van der Waals surface area (Å²) in [6.07, 6.45) is 3.25. The third kappa shape index (κ3) is 2.94. The standard InChI is InChI=1S/C12H16Br2N4O/c1-3-8-11(13)10(18(2)17-8)6-9(16-15)7-4-5-19-12(7)14/h4-5,9,16H,3,6,15H2,1-2H3. The van der Waals surface area contributed by atoms with E-state index in [1.807, 2.05) is 17.8 Å². The first-order chi connectivity index (χ1) is 9.08. The molecular weight excluding hydrogens is 376 g/mol. The van der Waals surface area contributed by atoms with Crippen LogP contribution in [0.3, 0.4) is 0 Å². The fourth-order valence-corrected chi connectivity index (χ4v) is 3.34. The van der Waals surface area contributed by atoms with Gasteiger partial charge in [0.2, 0.25) is 0 Å². The second-order valence-electron chi connectivity index (χ2n) is 4.26. The molecule has 104 valence electrons. The van der Waals surface area contributed by atoms with Crippen molar-refractivity contribution >= 4 is 31.9 Å². The number of rotatable bonds is 5. The first-order valence-corrected chi connectivity index (χ1v) is 7.56. The topological polar surface area (TPSA) is 69.0 Å². The van der Waals surface area contributed by atoms with Crippen LogP contribution in [0.5, 0.6) is 0 Å². The van der Waals surface area contributed by atoms with Crippen LogP contribution in [0, 0.1) is 0 Å². The molecule has 0 spiro atoms. The summed E-state index contributed by atoms with van der Waals surface area (Å²) in [5.74, 6) is 5.66. The molecule has 0 radical (unpaired) electrons. The molecule has 0 aliphatic rings. The second-order valence-corrected chi connectivity index (χ2v) is 5.77. The molecule has 0 aromatic carbocycles. The Balaban J connectivity index is 2.29. The Morgan fingerprint density at radius 1 is 1.53 bits per heavy atom. The number of hydrazine groups is 1. The van der Waals surface area contributed by atoms with Crippen LogP contribution in [0.4, 0.5) is 0 Å². The highest BCUT2D eigenvalue weighted by Gasteiger charge is 2.21. The van der Waals surface area contributed by atoms with E-state index >= 15 is 0 Å². The number of hydrogen-bond acceptors (Lipinski definition) is 4. The summed E-state index contributed by atoms with van der Waals surface area (Å²) in [6.45, 7) is 2.09. The predicted molar refractivity (Wildman–Crippen MR) is 80.5 cm³/mol. The van der Waals surface area contributed by atoms with E-state index < -0.39 is 0 Å². The van der Waals surface area contributed by atoms with Crippen LogP contribution in [0.1, 0.15) is 29.9 Å². The zero-order chi connectivity index (χ0) is 14.0. The molecule has 1 unspecified atom stereocenters. The van der Waals surface area contributed by atoms with Gasteiger partial charge in [0, 0.05) is 19.0 Å². The monoisotopic (exact) mass is 390 g/mol. The lowest BCUT2D eigenvalue weighted by Gasteiger charge is -2.15. The van der Waals surface area contributed by atoms with Gasteiger partial charge in [-0.3, -0.25) is 16.0 Å². The molecule has 3 N–H and O–H groups in total. The summed E-state index contributed by atoms with van der Waals surface area (Å²) in [7, 11) is 1.94. The zero-order valence-electron chi connectivity index (χ0n) is 10.8. The first kappa shape index (κ1) is 14.8. The highest BCUT2D eigenvalue weighted by atomic mass is 79.9. The molecule has 2 heterocycles. The van der Waals surface area contributed by atoms with Gasteiger partial charge in [-0.2, -0.15) is 5.10 Å². The molecule has 5 nitrogen and oxygen atoms in total. The third-order valence-corrected chi connectivity index (χ3v) is 4.68. The Hall–Kier alpha value is -0.630. The number of nitrogens with one attached hydrogen (secondary N) is 1. The van der Waals surface area contributed by atoms with E-state index in [1.165, 1.54) is 0 Å². The fraction of sp³-hybridized carbons (Fsp3) is 0.417. The van der Waals surface area contributed by atoms with Crippen molar-refractivity contribution in [3.63, 3.8) is 0 Å². The Morgan fingerprint density at radius 3 is 2.74 bits per heavy atom. The van der Waals surface area contributed by atoms with Crippen molar-refractivity contribution in [2.75, 3.05) is 0 Å². The van der Waals surface area contributed by atoms with Gasteiger partial charge >= 0.3 is 0 Å². The molecule has 2 aromatic rings. The largest absolute Gasteiger partial charge is 0.457 e. The Morgan fingerprint density at radius 2 is 2.26 bits per heavy atom. The molecule has 2 rings (SSSR count). The number of nitrogens with zero attached hydrogens (tertiary/aromatic N) is 2. The van der Waals surface area contributed by atoms with Crippen LogP contribution in [0.25, 0.3) is 0 Å². The molecule has 19 heavy (non-hydrogen) atoms. The van der Waals surface area contributed by atoms with Crippen LogP contribution >= 0.6 is 31.9 Å². The SMILES string of the molecule is CCc1nn(C)c(CC(NN)c2ccoc2Br)c1Br. The van der Waals surface area contributed by atoms with E-state index in [2.05, 4.69) is 49.3 Å². The molecular formula is C12H16Br2N4O. The number of halogens is 2. The molecule has 0 aliphatic heterocycles. The molecule has 2 aromatic heterocycles. The van der Waals surface area contributed by atoms with Gasteiger partial charge in [0.1, 0.15) is 0 Å². The van der Waals surface area contributed by atoms with Crippen molar-refractivity contribution in [2.24, 2.45) is 12.9 Å². The summed E-state index contributed by atoms with van der Waals surface area (Å²) in [6, 6.07) is 1.86. The normalized spacial score (nSPS) is 12.9. The van der Waals surface area contributed by atoms with Gasteiger partial charge in [-0.25, -0.2) is 0 Å². The van der Waals surface area contributed by atoms with Crippen LogP contribution < -0.4 is 11.3 Å². The van der Waals surface area contributed by atoms with Gasteiger partial charge < -0.3 is 4.42 Å². The quantitative estimate of drug-likeness (QED) is 0.607. The average molecular weight is 392 g/mol. The molecule has 0 amide bonds. The Labute approximate surface area is 128 Å². The summed E-state index contributed by atoms with van der Waals surface area (Å²) >= 11 is 7.00. The van der Waals surface area contributed by atoms with E-state index in [4.69, 9.17) is 10.3 Å². The van der Waals surface area contributed by atoms with E-state index in [-0.39, 0.29) is 6.04 Å². The number of hydrogen-bond donors (Lipinski definition) is 2. The van der Waals surface area contributed by atoms with Crippen molar-refractivity contribution in [3.8, 4) is 0 Å². The van der Waals surface area contributed by atoms with Gasteiger partial charge in [-0.1, -0.05) is 6.92 Å². The number of aromatic nitrogens is 2. The van der Waals surface area contributed by atoms with Gasteiger partial charge in [0.05, 0.1) is 28.2 Å². The third-order valence-electron chi connectivity index (χ3n) is 3.12. The Kier molecular flexibility index (Phi) is 4.83. The molecule has 1 atom stereocenters. The number of furan rings is 1. The van der Waals surface area contributed by atoms with E-state index in [9.17, 15) is 0 Å². The predicted octanol–water partition coefficient (Wildman–Crippen LogP) is 2.85. The van der Waals surface area contributed by atoms with Crippen molar-refractivity contribution < 1.29 is 4.42 Å². The van der Waals surface area contributed by atoms with Crippen LogP contribution in [-0.2, 0) is 19.9 Å². The minimum absolute atomic E-state index is 0.0375. The minimum atomic E-state index is -0.0375. The lowest BCUT2D eigenvalue weighted by atomic mass is 10.1. The smallest absolute Gasteiger partial charge is 0.173 e. The Bertz CT molecular complexity index is 564. The molecule has 7 heteroatoms. The lowest BCUT2D eigenvalue weighted by molar-refractivity contribution is 0.497. The fourth-order valence-electron chi connectivity index (χ4n) is 2.05. The van der Waals surface area contributed by atoms with E-state index in [0.717, 1.165) is 34.3 Å². The van der Waals surface area contributed by atoms with Crippen LogP contribution in [0.15, 0.2) is 25.9 Å². The lowest BCUT2D eigenvalue weighted by Crippen LogP contribution is -2.30. The van der Waals surface area contributed by atoms with Crippen LogP contribution in [0.2, 0.25) is 0 Å². The summed E-state index contributed by atoms with van der Waals surface area (Å²) in [4.78, 5) is 0. The highest BCUT2D eigenvalue weighted by Crippen LogP contribution is 2.30. The number of nitrogens with two attached hydrogens (primary N) is 1. The van der Waals surface area contributed by atoms with Crippen molar-refractivity contribution in [3.05, 3.63) is 38.4 Å². The van der Waals surface area contributed by atoms with E-state index in [1.54, 1.807) is 6.26 Å². The van der Waals surface area contributed by atoms with Crippen molar-refractivity contribution in [1.82, 2.24) is 15.2 Å². The molecule has 0 saturated carbocycles.